The van der Waals surface area contributed by atoms with Gasteiger partial charge in [0.2, 0.25) is 5.91 Å². The van der Waals surface area contributed by atoms with Gasteiger partial charge in [-0.2, -0.15) is 13.2 Å². The van der Waals surface area contributed by atoms with Gasteiger partial charge in [-0.25, -0.2) is 0 Å². The second-order valence-electron chi connectivity index (χ2n) is 8.24. The monoisotopic (exact) mass is 467 g/mol. The molecule has 2 atom stereocenters. The van der Waals surface area contributed by atoms with Crippen LogP contribution in [0.25, 0.3) is 0 Å². The molecule has 0 unspecified atom stereocenters. The van der Waals surface area contributed by atoms with E-state index in [0.29, 0.717) is 17.1 Å². The third kappa shape index (κ3) is 4.09. The first-order valence-corrected chi connectivity index (χ1v) is 10.8. The summed E-state index contributed by atoms with van der Waals surface area (Å²) >= 11 is 0. The third-order valence-corrected chi connectivity index (χ3v) is 6.03. The number of rotatable bonds is 3. The predicted molar refractivity (Wildman–Crippen MR) is 117 cm³/mol. The van der Waals surface area contributed by atoms with Crippen molar-refractivity contribution in [3.05, 3.63) is 89.7 Å². The van der Waals surface area contributed by atoms with Crippen LogP contribution >= 0.6 is 0 Å². The Hall–Kier alpha value is -3.88. The Labute approximate surface area is 193 Å². The zero-order valence-corrected chi connectivity index (χ0v) is 17.9. The summed E-state index contributed by atoms with van der Waals surface area (Å²) in [6, 6.07) is 15.8. The Morgan fingerprint density at radius 1 is 1.03 bits per heavy atom. The number of halogens is 3. The fraction of sp³-hybridized carbons (Fsp3) is 0.240. The van der Waals surface area contributed by atoms with E-state index in [2.05, 4.69) is 4.98 Å². The van der Waals surface area contributed by atoms with Crippen molar-refractivity contribution in [3.63, 3.8) is 0 Å². The van der Waals surface area contributed by atoms with Gasteiger partial charge in [0, 0.05) is 18.2 Å². The molecule has 174 valence electrons. The lowest BCUT2D eigenvalue weighted by atomic mass is 10.1. The first-order chi connectivity index (χ1) is 16.3. The lowest BCUT2D eigenvalue weighted by molar-refractivity contribution is -0.137. The number of hydrogen-bond donors (Lipinski definition) is 0. The van der Waals surface area contributed by atoms with E-state index in [4.69, 9.17) is 4.74 Å². The van der Waals surface area contributed by atoms with Crippen molar-refractivity contribution in [2.45, 2.75) is 31.3 Å². The highest BCUT2D eigenvalue weighted by Gasteiger charge is 2.45. The Balaban J connectivity index is 1.47. The first-order valence-electron chi connectivity index (χ1n) is 10.8. The average molecular weight is 467 g/mol. The minimum atomic E-state index is -4.50. The van der Waals surface area contributed by atoms with Gasteiger partial charge in [-0.15, -0.1) is 0 Å². The van der Waals surface area contributed by atoms with Crippen LogP contribution in [0.15, 0.2) is 72.9 Å². The molecule has 2 amide bonds. The van der Waals surface area contributed by atoms with Crippen LogP contribution in [0.5, 0.6) is 5.75 Å². The molecule has 6 nitrogen and oxygen atoms in total. The molecule has 9 heteroatoms. The van der Waals surface area contributed by atoms with Crippen LogP contribution in [0.2, 0.25) is 0 Å². The summed E-state index contributed by atoms with van der Waals surface area (Å²) in [6.07, 6.45) is -2.98. The highest BCUT2D eigenvalue weighted by Crippen LogP contribution is 2.37. The maximum Gasteiger partial charge on any atom is 0.416 e. The number of amides is 2. The molecule has 3 aromatic rings. The van der Waals surface area contributed by atoms with E-state index >= 15 is 0 Å². The summed E-state index contributed by atoms with van der Waals surface area (Å²) in [6.45, 7) is 0.339. The van der Waals surface area contributed by atoms with E-state index in [1.165, 1.54) is 4.90 Å². The number of pyridine rings is 1. The standard InChI is InChI=1S/C25H20F3N3O3/c26-25(27,28)17-10-8-16(9-11-17)23(32)31-15-19-13-21(31)24(33)30(14-18-5-3-4-12-29-18)20-6-1-2-7-22(20)34-19/h1-12,19,21H,13-15H2/t19-,21-/m0/s1. The molecule has 3 heterocycles. The minimum Gasteiger partial charge on any atom is -0.486 e. The summed E-state index contributed by atoms with van der Waals surface area (Å²) in [7, 11) is 0. The van der Waals surface area contributed by atoms with Gasteiger partial charge in [-0.3, -0.25) is 14.6 Å². The van der Waals surface area contributed by atoms with Gasteiger partial charge in [0.05, 0.1) is 30.0 Å². The average Bonchev–Trinajstić information content (AvgIpc) is 3.27. The van der Waals surface area contributed by atoms with Crippen molar-refractivity contribution >= 4 is 17.5 Å². The van der Waals surface area contributed by atoms with E-state index in [1.54, 1.807) is 47.5 Å². The number of hydrogen-bond acceptors (Lipinski definition) is 4. The Bertz CT molecular complexity index is 1220. The number of nitrogens with zero attached hydrogens (tertiary/aromatic N) is 3. The molecule has 1 fully saturated rings. The highest BCUT2D eigenvalue weighted by molar-refractivity contribution is 6.03. The van der Waals surface area contributed by atoms with E-state index in [-0.39, 0.29) is 31.0 Å². The number of likely N-dealkylation sites (tertiary alicyclic amines) is 1. The highest BCUT2D eigenvalue weighted by atomic mass is 19.4. The number of alkyl halides is 3. The molecule has 1 aromatic heterocycles. The summed E-state index contributed by atoms with van der Waals surface area (Å²) in [4.78, 5) is 34.3. The van der Waals surface area contributed by atoms with Crippen LogP contribution in [-0.2, 0) is 17.5 Å². The second-order valence-corrected chi connectivity index (χ2v) is 8.24. The Morgan fingerprint density at radius 2 is 1.76 bits per heavy atom. The second kappa shape index (κ2) is 8.48. The number of aromatic nitrogens is 1. The molecular weight excluding hydrogens is 447 g/mol. The van der Waals surface area contributed by atoms with Crippen molar-refractivity contribution in [2.75, 3.05) is 11.4 Å². The summed E-state index contributed by atoms with van der Waals surface area (Å²) in [5.41, 5.74) is 0.492. The fourth-order valence-electron chi connectivity index (χ4n) is 4.38. The molecule has 2 aliphatic rings. The van der Waals surface area contributed by atoms with Gasteiger partial charge in [0.25, 0.3) is 5.91 Å². The van der Waals surface area contributed by atoms with E-state index < -0.39 is 29.8 Å². The van der Waals surface area contributed by atoms with Gasteiger partial charge >= 0.3 is 6.18 Å². The van der Waals surface area contributed by atoms with Crippen molar-refractivity contribution in [2.24, 2.45) is 0 Å². The number of anilines is 1. The van der Waals surface area contributed by atoms with Gasteiger partial charge in [0.1, 0.15) is 17.9 Å². The smallest absolute Gasteiger partial charge is 0.416 e. The summed E-state index contributed by atoms with van der Waals surface area (Å²) in [5, 5.41) is 0. The molecule has 2 aliphatic heterocycles. The molecule has 5 rings (SSSR count). The third-order valence-electron chi connectivity index (χ3n) is 6.03. The van der Waals surface area contributed by atoms with E-state index in [0.717, 1.165) is 24.3 Å². The Morgan fingerprint density at radius 3 is 2.47 bits per heavy atom. The zero-order valence-electron chi connectivity index (χ0n) is 17.9. The van der Waals surface area contributed by atoms with Crippen LogP contribution in [-0.4, -0.2) is 40.4 Å². The molecule has 2 aromatic carbocycles. The number of benzene rings is 2. The zero-order chi connectivity index (χ0) is 23.9. The molecular formula is C25H20F3N3O3. The molecule has 0 aliphatic carbocycles. The first kappa shape index (κ1) is 21.9. The molecule has 0 saturated carbocycles. The lowest BCUT2D eigenvalue weighted by Crippen LogP contribution is -2.48. The minimum absolute atomic E-state index is 0.0829. The molecule has 0 radical (unpaired) electrons. The maximum atomic E-state index is 13.8. The normalized spacial score (nSPS) is 19.8. The van der Waals surface area contributed by atoms with Crippen LogP contribution in [0.1, 0.15) is 28.0 Å². The SMILES string of the molecule is O=C1[C@@H]2C[C@@H](CN2C(=O)c2ccc(C(F)(F)F)cc2)Oc2ccccc2N1Cc1ccccn1. The number of fused-ring (bicyclic) bond motifs is 3. The molecule has 1 saturated heterocycles. The van der Waals surface area contributed by atoms with Crippen LogP contribution in [0, 0.1) is 0 Å². The van der Waals surface area contributed by atoms with E-state index in [1.807, 2.05) is 6.07 Å². The fourth-order valence-corrected chi connectivity index (χ4v) is 4.38. The van der Waals surface area contributed by atoms with E-state index in [9.17, 15) is 22.8 Å². The maximum absolute atomic E-state index is 13.8. The van der Waals surface area contributed by atoms with Crippen LogP contribution in [0.4, 0.5) is 18.9 Å². The topological polar surface area (TPSA) is 62.7 Å². The summed E-state index contributed by atoms with van der Waals surface area (Å²) < 4.78 is 44.9. The van der Waals surface area contributed by atoms with Crippen molar-refractivity contribution in [1.82, 2.24) is 9.88 Å². The molecule has 0 spiro atoms. The number of carbonyl (C=O) groups excluding carboxylic acids is 2. The van der Waals surface area contributed by atoms with Crippen molar-refractivity contribution in [1.29, 1.82) is 0 Å². The summed E-state index contributed by atoms with van der Waals surface area (Å²) in [5.74, 6) is -0.273. The molecule has 2 bridgehead atoms. The van der Waals surface area contributed by atoms with Crippen LogP contribution < -0.4 is 9.64 Å². The predicted octanol–water partition coefficient (Wildman–Crippen LogP) is 4.31. The Kier molecular flexibility index (Phi) is 5.47. The van der Waals surface area contributed by atoms with Crippen molar-refractivity contribution < 1.29 is 27.5 Å². The molecule has 0 N–H and O–H groups in total. The number of ether oxygens (including phenoxy) is 1. The van der Waals surface area contributed by atoms with Crippen molar-refractivity contribution in [3.8, 4) is 5.75 Å². The number of carbonyl (C=O) groups is 2. The largest absolute Gasteiger partial charge is 0.486 e. The quantitative estimate of drug-likeness (QED) is 0.576. The van der Waals surface area contributed by atoms with Gasteiger partial charge in [-0.05, 0) is 48.5 Å². The lowest BCUT2D eigenvalue weighted by Gasteiger charge is -2.31. The van der Waals surface area contributed by atoms with Crippen LogP contribution in [0.3, 0.4) is 0 Å². The molecule has 34 heavy (non-hydrogen) atoms. The van der Waals surface area contributed by atoms with Gasteiger partial charge in [-0.1, -0.05) is 18.2 Å². The van der Waals surface area contributed by atoms with Gasteiger partial charge in [0.15, 0.2) is 0 Å². The number of para-hydroxylation sites is 2. The van der Waals surface area contributed by atoms with Gasteiger partial charge < -0.3 is 14.5 Å².